The normalized spacial score (nSPS) is 15.8. The van der Waals surface area contributed by atoms with Crippen LogP contribution in [0, 0.1) is 5.92 Å². The van der Waals surface area contributed by atoms with Gasteiger partial charge in [0.1, 0.15) is 6.04 Å². The van der Waals surface area contributed by atoms with Gasteiger partial charge < -0.3 is 5.11 Å². The number of hydrazine groups is 1. The first-order valence-corrected chi connectivity index (χ1v) is 7.61. The molecule has 1 heterocycles. The number of amides is 3. The smallest absolute Gasteiger partial charge is 0.322 e. The van der Waals surface area contributed by atoms with Gasteiger partial charge in [-0.15, -0.1) is 0 Å². The summed E-state index contributed by atoms with van der Waals surface area (Å²) in [6.45, 7) is 3.86. The van der Waals surface area contributed by atoms with E-state index in [1.807, 2.05) is 0 Å². The highest BCUT2D eigenvalue weighted by Crippen LogP contribution is 2.07. The Kier molecular flexibility index (Phi) is 6.74. The van der Waals surface area contributed by atoms with Crippen molar-refractivity contribution in [3.8, 4) is 0 Å². The Hall–Kier alpha value is -2.22. The number of hydrogen-bond donors (Lipinski definition) is 3. The lowest BCUT2D eigenvalue weighted by Gasteiger charge is -2.18. The van der Waals surface area contributed by atoms with Crippen molar-refractivity contribution in [2.24, 2.45) is 5.92 Å². The summed E-state index contributed by atoms with van der Waals surface area (Å²) >= 11 is 0. The SMILES string of the molecule is [2H]OC(=O)[C@@H](NNC(=O)CCCCCN1C(=O)C=CC1=O)C(C)C. The molecular weight excluding hydrogens is 302 g/mol. The van der Waals surface area contributed by atoms with Crippen LogP contribution in [0.4, 0.5) is 0 Å². The number of hydrogen-bond acceptors (Lipinski definition) is 6. The van der Waals surface area contributed by atoms with Gasteiger partial charge in [-0.25, -0.2) is 5.43 Å². The van der Waals surface area contributed by atoms with E-state index in [2.05, 4.69) is 16.0 Å². The van der Waals surface area contributed by atoms with Crippen LogP contribution >= 0.6 is 0 Å². The third kappa shape index (κ3) is 6.19. The molecule has 128 valence electrons. The minimum absolute atomic E-state index is 0.146. The Morgan fingerprint density at radius 1 is 1.22 bits per heavy atom. The number of unbranched alkanes of at least 4 members (excludes halogenated alkanes) is 2. The molecule has 8 heteroatoms. The quantitative estimate of drug-likeness (QED) is 0.300. The largest absolute Gasteiger partial charge is 0.480 e. The number of nitrogens with one attached hydrogen (secondary N) is 2. The lowest BCUT2D eigenvalue weighted by Crippen LogP contribution is -2.50. The Balaban J connectivity index is 2.16. The summed E-state index contributed by atoms with van der Waals surface area (Å²) in [4.78, 5) is 46.9. The van der Waals surface area contributed by atoms with Crippen molar-refractivity contribution in [3.05, 3.63) is 12.2 Å². The zero-order chi connectivity index (χ0) is 18.1. The Morgan fingerprint density at radius 3 is 2.43 bits per heavy atom. The zero-order valence-electron chi connectivity index (χ0n) is 14.3. The number of imide groups is 1. The lowest BCUT2D eigenvalue weighted by molar-refractivity contribution is -0.141. The molecule has 0 spiro atoms. The number of nitrogens with zero attached hydrogens (tertiary/aromatic N) is 1. The molecule has 8 nitrogen and oxygen atoms in total. The third-order valence-corrected chi connectivity index (χ3v) is 3.47. The van der Waals surface area contributed by atoms with E-state index in [9.17, 15) is 19.2 Å². The number of rotatable bonds is 10. The van der Waals surface area contributed by atoms with Crippen LogP contribution in [0.15, 0.2) is 12.2 Å². The molecule has 0 unspecified atom stereocenters. The highest BCUT2D eigenvalue weighted by atomic mass is 16.4. The molecule has 0 fully saturated rings. The van der Waals surface area contributed by atoms with Gasteiger partial charge in [0.2, 0.25) is 5.91 Å². The average molecular weight is 326 g/mol. The first-order chi connectivity index (χ1) is 11.4. The number of aliphatic carboxylic acids is 1. The number of carbonyl (C=O) groups is 4. The first-order valence-electron chi connectivity index (χ1n) is 8.02. The highest BCUT2D eigenvalue weighted by molar-refractivity contribution is 6.12. The molecule has 0 saturated carbocycles. The van der Waals surface area contributed by atoms with Crippen molar-refractivity contribution in [1.82, 2.24) is 15.8 Å². The van der Waals surface area contributed by atoms with Crippen LogP contribution < -0.4 is 10.9 Å². The summed E-state index contributed by atoms with van der Waals surface area (Å²) in [5.74, 6) is -1.80. The van der Waals surface area contributed by atoms with Crippen LogP contribution in [0.1, 0.15) is 39.5 Å². The highest BCUT2D eigenvalue weighted by Gasteiger charge is 2.22. The summed E-state index contributed by atoms with van der Waals surface area (Å²) < 4.78 is 6.62. The maximum absolute atomic E-state index is 11.7. The predicted octanol–water partition coefficient (Wildman–Crippen LogP) is 0.202. The van der Waals surface area contributed by atoms with Crippen molar-refractivity contribution in [2.75, 3.05) is 6.54 Å². The minimum Gasteiger partial charge on any atom is -0.480 e. The molecule has 3 N–H and O–H groups in total. The van der Waals surface area contributed by atoms with Gasteiger partial charge in [-0.1, -0.05) is 20.3 Å². The van der Waals surface area contributed by atoms with Gasteiger partial charge >= 0.3 is 5.97 Å². The second-order valence-corrected chi connectivity index (χ2v) is 5.71. The summed E-state index contributed by atoms with van der Waals surface area (Å²) in [7, 11) is 0. The van der Waals surface area contributed by atoms with E-state index >= 15 is 0 Å². The van der Waals surface area contributed by atoms with Gasteiger partial charge in [0.25, 0.3) is 13.2 Å². The fourth-order valence-corrected chi connectivity index (χ4v) is 2.10. The molecule has 1 atom stereocenters. The van der Waals surface area contributed by atoms with E-state index in [1.165, 1.54) is 17.1 Å². The van der Waals surface area contributed by atoms with Crippen LogP contribution in [-0.4, -0.2) is 46.3 Å². The molecule has 1 aliphatic rings. The van der Waals surface area contributed by atoms with Crippen LogP contribution in [-0.2, 0) is 19.2 Å². The van der Waals surface area contributed by atoms with Crippen LogP contribution in [0.2, 0.25) is 0 Å². The van der Waals surface area contributed by atoms with Gasteiger partial charge in [0.15, 0.2) is 0 Å². The molecule has 0 aliphatic carbocycles. The summed E-state index contributed by atoms with van der Waals surface area (Å²) in [5, 5.41) is 3.92. The minimum atomic E-state index is -0.786. The number of carboxylic acids is 1. The van der Waals surface area contributed by atoms with Gasteiger partial charge in [-0.3, -0.25) is 29.5 Å². The maximum atomic E-state index is 11.7. The molecule has 0 saturated heterocycles. The molecule has 0 aromatic carbocycles. The number of carbonyl (C=O) groups excluding carboxylic acids is 3. The van der Waals surface area contributed by atoms with Crippen molar-refractivity contribution < 1.29 is 24.3 Å². The Morgan fingerprint density at radius 2 is 1.87 bits per heavy atom. The molecule has 0 aromatic heterocycles. The second-order valence-electron chi connectivity index (χ2n) is 5.71. The second kappa shape index (κ2) is 9.04. The third-order valence-electron chi connectivity index (χ3n) is 3.47. The molecule has 3 amide bonds. The zero-order valence-corrected chi connectivity index (χ0v) is 13.3. The van der Waals surface area contributed by atoms with Crippen LogP contribution in [0.3, 0.4) is 0 Å². The summed E-state index contributed by atoms with van der Waals surface area (Å²) in [5.41, 5.74) is 4.99. The fraction of sp³-hybridized carbons (Fsp3) is 0.600. The molecular formula is C15H23N3O5. The fourth-order valence-electron chi connectivity index (χ4n) is 2.10. The van der Waals surface area contributed by atoms with E-state index in [0.717, 1.165) is 0 Å². The van der Waals surface area contributed by atoms with E-state index in [1.54, 1.807) is 13.8 Å². The molecule has 0 radical (unpaired) electrons. The number of carboxylic acid groups (broad SMARTS) is 1. The maximum Gasteiger partial charge on any atom is 0.322 e. The van der Waals surface area contributed by atoms with Crippen LogP contribution in [0.5, 0.6) is 0 Å². The molecule has 1 aliphatic heterocycles. The van der Waals surface area contributed by atoms with E-state index in [0.29, 0.717) is 25.8 Å². The van der Waals surface area contributed by atoms with Gasteiger partial charge in [0, 0.05) is 25.1 Å². The standard InChI is InChI=1S/C15H23N3O5/c1-10(2)14(15(22)23)17-16-11(19)6-4-3-5-9-18-12(20)7-8-13(18)21/h7-8,10,14,17H,3-6,9H2,1-2H3,(H,16,19)(H,22,23)/t14-/m0/s1/i/hD. The van der Waals surface area contributed by atoms with E-state index in [4.69, 9.17) is 1.43 Å². The van der Waals surface area contributed by atoms with Crippen LogP contribution in [0.25, 0.3) is 1.43 Å². The molecule has 0 bridgehead atoms. The predicted molar refractivity (Wildman–Crippen MR) is 81.9 cm³/mol. The Labute approximate surface area is 136 Å². The summed E-state index contributed by atoms with van der Waals surface area (Å²) in [6, 6.07) is -0.786. The first kappa shape index (κ1) is 17.1. The van der Waals surface area contributed by atoms with Crippen molar-refractivity contribution >= 4 is 23.7 Å². The molecule has 0 aromatic rings. The van der Waals surface area contributed by atoms with Gasteiger partial charge in [-0.2, -0.15) is 0 Å². The lowest BCUT2D eigenvalue weighted by atomic mass is 10.1. The molecule has 23 heavy (non-hydrogen) atoms. The summed E-state index contributed by atoms with van der Waals surface area (Å²) in [6.07, 6.45) is 4.63. The van der Waals surface area contributed by atoms with Crippen molar-refractivity contribution in [3.63, 3.8) is 0 Å². The van der Waals surface area contributed by atoms with E-state index < -0.39 is 12.0 Å². The topological polar surface area (TPSA) is 116 Å². The Bertz CT molecular complexity index is 503. The average Bonchev–Trinajstić information content (AvgIpc) is 2.85. The molecule has 1 rings (SSSR count). The van der Waals surface area contributed by atoms with E-state index in [-0.39, 0.29) is 30.1 Å². The van der Waals surface area contributed by atoms with Crippen molar-refractivity contribution in [1.29, 1.82) is 1.43 Å². The van der Waals surface area contributed by atoms with Gasteiger partial charge in [-0.05, 0) is 18.8 Å². The van der Waals surface area contributed by atoms with Gasteiger partial charge in [0.05, 0.1) is 0 Å². The monoisotopic (exact) mass is 326 g/mol. The van der Waals surface area contributed by atoms with Crippen molar-refractivity contribution in [2.45, 2.75) is 45.6 Å².